The minimum atomic E-state index is -0.529. The first kappa shape index (κ1) is 16.7. The van der Waals surface area contributed by atoms with Crippen molar-refractivity contribution in [2.75, 3.05) is 25.0 Å². The summed E-state index contributed by atoms with van der Waals surface area (Å²) in [7, 11) is 0. The van der Waals surface area contributed by atoms with Crippen LogP contribution < -0.4 is 5.32 Å². The number of nitrogens with one attached hydrogen (secondary N) is 1. The van der Waals surface area contributed by atoms with Crippen LogP contribution in [0.4, 0.5) is 10.1 Å². The number of hydrogen-bond acceptors (Lipinski definition) is 4. The molecule has 1 aromatic carbocycles. The molecule has 1 aromatic rings. The van der Waals surface area contributed by atoms with Crippen LogP contribution in [0.15, 0.2) is 18.2 Å². The lowest BCUT2D eigenvalue weighted by molar-refractivity contribution is -0.129. The number of nitriles is 2. The van der Waals surface area contributed by atoms with Crippen LogP contribution in [0.2, 0.25) is 5.02 Å². The van der Waals surface area contributed by atoms with E-state index in [0.717, 1.165) is 0 Å². The Morgan fingerprint density at radius 2 is 1.90 bits per heavy atom. The zero-order chi connectivity index (χ0) is 15.7. The number of amides is 1. The minimum absolute atomic E-state index is 0.0151. The number of nitrogens with zero attached hydrogens (tertiary/aromatic N) is 3. The van der Waals surface area contributed by atoms with E-state index in [4.69, 9.17) is 22.1 Å². The molecule has 0 fully saturated rings. The third kappa shape index (κ3) is 5.68. The summed E-state index contributed by atoms with van der Waals surface area (Å²) in [5.41, 5.74) is 0.523. The summed E-state index contributed by atoms with van der Waals surface area (Å²) in [5.74, 6) is -0.765. The summed E-state index contributed by atoms with van der Waals surface area (Å²) in [6, 6.07) is 7.99. The molecule has 0 aliphatic carbocycles. The Bertz CT molecular complexity index is 561. The van der Waals surface area contributed by atoms with Crippen molar-refractivity contribution in [3.8, 4) is 12.1 Å². The predicted molar refractivity (Wildman–Crippen MR) is 76.9 cm³/mol. The summed E-state index contributed by atoms with van der Waals surface area (Å²) < 4.78 is 13.0. The highest BCUT2D eigenvalue weighted by Crippen LogP contribution is 2.19. The lowest BCUT2D eigenvalue weighted by Gasteiger charge is -2.20. The normalized spacial score (nSPS) is 9.52. The molecular formula is C14H14ClFN4O. The Labute approximate surface area is 127 Å². The Hall–Kier alpha value is -2.31. The van der Waals surface area contributed by atoms with Crippen molar-refractivity contribution < 1.29 is 9.18 Å². The molecule has 0 atom stereocenters. The SMILES string of the molecule is N#CCCN(CCC#N)C(=O)CNc1ccc(F)c(Cl)c1. The summed E-state index contributed by atoms with van der Waals surface area (Å²) in [6.45, 7) is 0.546. The van der Waals surface area contributed by atoms with E-state index in [1.165, 1.54) is 23.1 Å². The Balaban J connectivity index is 2.57. The van der Waals surface area contributed by atoms with Gasteiger partial charge in [-0.2, -0.15) is 10.5 Å². The van der Waals surface area contributed by atoms with Crippen molar-refractivity contribution in [1.82, 2.24) is 4.90 Å². The molecule has 1 N–H and O–H groups in total. The number of carbonyl (C=O) groups is 1. The average molecular weight is 309 g/mol. The zero-order valence-corrected chi connectivity index (χ0v) is 12.0. The zero-order valence-electron chi connectivity index (χ0n) is 11.3. The molecule has 21 heavy (non-hydrogen) atoms. The van der Waals surface area contributed by atoms with Crippen LogP contribution in [0.1, 0.15) is 12.8 Å². The second-order valence-electron chi connectivity index (χ2n) is 4.18. The van der Waals surface area contributed by atoms with Crippen molar-refractivity contribution in [2.45, 2.75) is 12.8 Å². The molecular weight excluding hydrogens is 295 g/mol. The second-order valence-corrected chi connectivity index (χ2v) is 4.59. The lowest BCUT2D eigenvalue weighted by atomic mass is 10.3. The maximum Gasteiger partial charge on any atom is 0.241 e. The van der Waals surface area contributed by atoms with Crippen molar-refractivity contribution in [3.05, 3.63) is 29.0 Å². The number of anilines is 1. The van der Waals surface area contributed by atoms with Gasteiger partial charge in [0.2, 0.25) is 5.91 Å². The molecule has 5 nitrogen and oxygen atoms in total. The number of benzene rings is 1. The van der Waals surface area contributed by atoms with Gasteiger partial charge in [0.25, 0.3) is 0 Å². The van der Waals surface area contributed by atoms with Gasteiger partial charge < -0.3 is 10.2 Å². The predicted octanol–water partition coefficient (Wildman–Crippen LogP) is 2.55. The first-order chi connectivity index (χ1) is 10.1. The average Bonchev–Trinajstić information content (AvgIpc) is 2.48. The first-order valence-corrected chi connectivity index (χ1v) is 6.67. The monoisotopic (exact) mass is 308 g/mol. The quantitative estimate of drug-likeness (QED) is 0.839. The molecule has 0 aliphatic heterocycles. The molecule has 0 aliphatic rings. The Kier molecular flexibility index (Phi) is 7.00. The maximum atomic E-state index is 13.0. The molecule has 0 saturated heterocycles. The molecule has 110 valence electrons. The summed E-state index contributed by atoms with van der Waals surface area (Å²) in [4.78, 5) is 13.5. The second kappa shape index (κ2) is 8.78. The summed E-state index contributed by atoms with van der Waals surface area (Å²) in [6.07, 6.45) is 0.416. The summed E-state index contributed by atoms with van der Waals surface area (Å²) >= 11 is 5.65. The van der Waals surface area contributed by atoms with Gasteiger partial charge in [-0.25, -0.2) is 4.39 Å². The molecule has 0 radical (unpaired) electrons. The van der Waals surface area contributed by atoms with Gasteiger partial charge in [0, 0.05) is 18.8 Å². The standard InChI is InChI=1S/C14H14ClFN4O/c15-12-9-11(3-4-13(12)16)19-10-14(21)20(7-1-5-17)8-2-6-18/h3-4,9,19H,1-2,7-8,10H2. The van der Waals surface area contributed by atoms with Crippen molar-refractivity contribution in [1.29, 1.82) is 10.5 Å². The van der Waals surface area contributed by atoms with E-state index >= 15 is 0 Å². The fraction of sp³-hybridized carbons (Fsp3) is 0.357. The van der Waals surface area contributed by atoms with Gasteiger partial charge in [0.15, 0.2) is 0 Å². The minimum Gasteiger partial charge on any atom is -0.376 e. The molecule has 1 rings (SSSR count). The smallest absolute Gasteiger partial charge is 0.241 e. The molecule has 0 unspecified atom stereocenters. The van der Waals surface area contributed by atoms with Crippen LogP contribution in [-0.2, 0) is 4.79 Å². The largest absolute Gasteiger partial charge is 0.376 e. The molecule has 0 spiro atoms. The van der Waals surface area contributed by atoms with Crippen LogP contribution in [0.25, 0.3) is 0 Å². The van der Waals surface area contributed by atoms with Crippen LogP contribution >= 0.6 is 11.6 Å². The van der Waals surface area contributed by atoms with Crippen LogP contribution in [0.5, 0.6) is 0 Å². The number of halogens is 2. The molecule has 1 amide bonds. The number of rotatable bonds is 7. The van der Waals surface area contributed by atoms with Crippen molar-refractivity contribution >= 4 is 23.2 Å². The van der Waals surface area contributed by atoms with Gasteiger partial charge in [-0.15, -0.1) is 0 Å². The van der Waals surface area contributed by atoms with Crippen LogP contribution in [0, 0.1) is 28.5 Å². The van der Waals surface area contributed by atoms with Gasteiger partial charge >= 0.3 is 0 Å². The fourth-order valence-electron chi connectivity index (χ4n) is 1.63. The van der Waals surface area contributed by atoms with Crippen LogP contribution in [-0.4, -0.2) is 30.4 Å². The van der Waals surface area contributed by atoms with E-state index in [0.29, 0.717) is 5.69 Å². The van der Waals surface area contributed by atoms with E-state index in [9.17, 15) is 9.18 Å². The highest BCUT2D eigenvalue weighted by atomic mass is 35.5. The van der Waals surface area contributed by atoms with Gasteiger partial charge in [-0.3, -0.25) is 4.79 Å². The van der Waals surface area contributed by atoms with E-state index in [1.54, 1.807) is 0 Å². The van der Waals surface area contributed by atoms with E-state index in [1.807, 2.05) is 12.1 Å². The van der Waals surface area contributed by atoms with E-state index in [-0.39, 0.29) is 43.4 Å². The fourth-order valence-corrected chi connectivity index (χ4v) is 1.81. The van der Waals surface area contributed by atoms with Crippen molar-refractivity contribution in [2.24, 2.45) is 0 Å². The van der Waals surface area contributed by atoms with Crippen LogP contribution in [0.3, 0.4) is 0 Å². The van der Waals surface area contributed by atoms with Gasteiger partial charge in [-0.05, 0) is 18.2 Å². The van der Waals surface area contributed by atoms with Gasteiger partial charge in [0.1, 0.15) is 5.82 Å². The third-order valence-electron chi connectivity index (χ3n) is 2.70. The van der Waals surface area contributed by atoms with E-state index in [2.05, 4.69) is 5.32 Å². The Morgan fingerprint density at radius 1 is 1.29 bits per heavy atom. The third-order valence-corrected chi connectivity index (χ3v) is 2.99. The molecule has 0 aromatic heterocycles. The number of carbonyl (C=O) groups excluding carboxylic acids is 1. The van der Waals surface area contributed by atoms with E-state index < -0.39 is 5.82 Å². The highest BCUT2D eigenvalue weighted by Gasteiger charge is 2.12. The van der Waals surface area contributed by atoms with Gasteiger partial charge in [-0.1, -0.05) is 11.6 Å². The Morgan fingerprint density at radius 3 is 2.43 bits per heavy atom. The molecule has 0 heterocycles. The lowest BCUT2D eigenvalue weighted by Crippen LogP contribution is -2.36. The highest BCUT2D eigenvalue weighted by molar-refractivity contribution is 6.31. The first-order valence-electron chi connectivity index (χ1n) is 6.29. The number of hydrogen-bond donors (Lipinski definition) is 1. The topological polar surface area (TPSA) is 79.9 Å². The van der Waals surface area contributed by atoms with Crippen molar-refractivity contribution in [3.63, 3.8) is 0 Å². The van der Waals surface area contributed by atoms with Gasteiger partial charge in [0.05, 0.1) is 36.5 Å². The summed E-state index contributed by atoms with van der Waals surface area (Å²) in [5, 5.41) is 19.9. The molecule has 0 saturated carbocycles. The molecule has 0 bridgehead atoms. The maximum absolute atomic E-state index is 13.0. The molecule has 7 heteroatoms.